The molecule has 114 valence electrons. The highest BCUT2D eigenvalue weighted by atomic mass is 16.6. The predicted molar refractivity (Wildman–Crippen MR) is 63.2 cm³/mol. The van der Waals surface area contributed by atoms with Gasteiger partial charge >= 0.3 is 29.8 Å². The van der Waals surface area contributed by atoms with E-state index in [1.54, 1.807) is 0 Å². The highest BCUT2D eigenvalue weighted by Crippen LogP contribution is 2.63. The summed E-state index contributed by atoms with van der Waals surface area (Å²) in [6.07, 6.45) is 2.91. The second-order valence-electron chi connectivity index (χ2n) is 5.85. The van der Waals surface area contributed by atoms with Crippen LogP contribution in [0.1, 0.15) is 0 Å². The fourth-order valence-electron chi connectivity index (χ4n) is 4.40. The first-order valence-corrected chi connectivity index (χ1v) is 6.72. The number of ether oxygens (including phenoxy) is 3. The summed E-state index contributed by atoms with van der Waals surface area (Å²) in [7, 11) is 1.11. The molecule has 6 atom stereocenters. The van der Waals surface area contributed by atoms with Gasteiger partial charge in [-0.15, -0.1) is 0 Å². The third-order valence-corrected chi connectivity index (χ3v) is 5.16. The Morgan fingerprint density at radius 3 is 1.95 bits per heavy atom. The molecule has 1 saturated carbocycles. The number of carbonyl (C=O) groups excluding carboxylic acids is 5. The quantitative estimate of drug-likeness (QED) is 0.262. The topological polar surface area (TPSA) is 113 Å². The molecule has 0 amide bonds. The van der Waals surface area contributed by atoms with Gasteiger partial charge in [0.1, 0.15) is 5.41 Å². The van der Waals surface area contributed by atoms with Crippen LogP contribution in [0.5, 0.6) is 0 Å². The zero-order valence-electron chi connectivity index (χ0n) is 11.3. The minimum absolute atomic E-state index is 0.695. The first kappa shape index (κ1) is 13.2. The van der Waals surface area contributed by atoms with Crippen LogP contribution in [0.25, 0.3) is 0 Å². The summed E-state index contributed by atoms with van der Waals surface area (Å²) >= 11 is 0. The van der Waals surface area contributed by atoms with Gasteiger partial charge in [0.15, 0.2) is 0 Å². The number of hydrogen-bond acceptors (Lipinski definition) is 8. The van der Waals surface area contributed by atoms with Gasteiger partial charge in [-0.05, 0) is 0 Å². The monoisotopic (exact) mass is 306 g/mol. The molecule has 5 rings (SSSR count). The second kappa shape index (κ2) is 3.82. The van der Waals surface area contributed by atoms with Crippen LogP contribution in [-0.4, -0.2) is 37.0 Å². The SMILES string of the molecule is COC(=O)C12C=CC([C@H]3C(=O)OC(=O)[C@H]31)[C@@H]1C(=O)OC(=O)[C@@H]12. The molecule has 5 aliphatic rings. The molecule has 2 aliphatic heterocycles. The number of hydrogen-bond donors (Lipinski definition) is 0. The Balaban J connectivity index is 1.99. The molecule has 0 aromatic carbocycles. The van der Waals surface area contributed by atoms with Gasteiger partial charge in [-0.3, -0.25) is 24.0 Å². The largest absolute Gasteiger partial charge is 0.468 e. The van der Waals surface area contributed by atoms with Crippen LogP contribution in [0.4, 0.5) is 0 Å². The van der Waals surface area contributed by atoms with E-state index in [0.29, 0.717) is 0 Å². The molecule has 0 radical (unpaired) electrons. The molecule has 2 bridgehead atoms. The number of carbonyl (C=O) groups is 5. The maximum atomic E-state index is 12.4. The standard InChI is InChI=1S/C14H10O8/c1-20-13(19)14-3-2-4(5-7(14)11(17)21-9(5)15)6-8(14)12(18)22-10(6)16/h2-8H,1H3/t4?,5-,6+,7+,8-,14?. The van der Waals surface area contributed by atoms with Gasteiger partial charge in [0.25, 0.3) is 0 Å². The zero-order chi connectivity index (χ0) is 15.8. The molecule has 2 saturated heterocycles. The second-order valence-corrected chi connectivity index (χ2v) is 5.85. The summed E-state index contributed by atoms with van der Waals surface area (Å²) in [6.45, 7) is 0. The van der Waals surface area contributed by atoms with E-state index in [2.05, 4.69) is 9.47 Å². The molecule has 8 nitrogen and oxygen atoms in total. The van der Waals surface area contributed by atoms with Gasteiger partial charge in [-0.25, -0.2) is 0 Å². The summed E-state index contributed by atoms with van der Waals surface area (Å²) in [4.78, 5) is 60.5. The fourth-order valence-corrected chi connectivity index (χ4v) is 4.40. The lowest BCUT2D eigenvalue weighted by Gasteiger charge is -2.49. The van der Waals surface area contributed by atoms with E-state index in [-0.39, 0.29) is 0 Å². The number of allylic oxidation sites excluding steroid dienone is 1. The van der Waals surface area contributed by atoms with E-state index in [9.17, 15) is 24.0 Å². The third-order valence-electron chi connectivity index (χ3n) is 5.16. The Morgan fingerprint density at radius 1 is 1.00 bits per heavy atom. The summed E-state index contributed by atoms with van der Waals surface area (Å²) in [5.74, 6) is -9.16. The van der Waals surface area contributed by atoms with Gasteiger partial charge in [-0.1, -0.05) is 12.2 Å². The van der Waals surface area contributed by atoms with E-state index in [1.165, 1.54) is 12.2 Å². The minimum Gasteiger partial charge on any atom is -0.468 e. The smallest absolute Gasteiger partial charge is 0.319 e. The molecule has 0 N–H and O–H groups in total. The Labute approximate surface area is 123 Å². The lowest BCUT2D eigenvalue weighted by molar-refractivity contribution is -0.174. The van der Waals surface area contributed by atoms with Crippen LogP contribution in [0.3, 0.4) is 0 Å². The van der Waals surface area contributed by atoms with Gasteiger partial charge in [-0.2, -0.15) is 0 Å². The number of esters is 5. The van der Waals surface area contributed by atoms with Crippen molar-refractivity contribution in [2.75, 3.05) is 7.11 Å². The summed E-state index contributed by atoms with van der Waals surface area (Å²) in [5, 5.41) is 0. The molecule has 3 fully saturated rings. The number of rotatable bonds is 1. The lowest BCUT2D eigenvalue weighted by Crippen LogP contribution is -2.61. The van der Waals surface area contributed by atoms with Crippen LogP contribution in [-0.2, 0) is 38.2 Å². The molecule has 2 heterocycles. The molecule has 3 aliphatic carbocycles. The van der Waals surface area contributed by atoms with Crippen molar-refractivity contribution < 1.29 is 38.2 Å². The Kier molecular flexibility index (Phi) is 2.29. The fraction of sp³-hybridized carbons (Fsp3) is 0.500. The Morgan fingerprint density at radius 2 is 1.50 bits per heavy atom. The van der Waals surface area contributed by atoms with Crippen LogP contribution in [0, 0.1) is 35.0 Å². The van der Waals surface area contributed by atoms with Crippen molar-refractivity contribution >= 4 is 29.8 Å². The third kappa shape index (κ3) is 1.18. The Bertz CT molecular complexity index is 647. The van der Waals surface area contributed by atoms with Crippen molar-refractivity contribution in [3.05, 3.63) is 12.2 Å². The van der Waals surface area contributed by atoms with Gasteiger partial charge < -0.3 is 14.2 Å². The zero-order valence-corrected chi connectivity index (χ0v) is 11.3. The first-order valence-electron chi connectivity index (χ1n) is 6.72. The van der Waals surface area contributed by atoms with Gasteiger partial charge in [0.05, 0.1) is 30.8 Å². The van der Waals surface area contributed by atoms with Crippen LogP contribution < -0.4 is 0 Å². The molecule has 0 aromatic heterocycles. The van der Waals surface area contributed by atoms with E-state index in [1.807, 2.05) is 0 Å². The van der Waals surface area contributed by atoms with Crippen molar-refractivity contribution in [1.29, 1.82) is 0 Å². The molecule has 0 spiro atoms. The highest BCUT2D eigenvalue weighted by molar-refractivity contribution is 6.08. The van der Waals surface area contributed by atoms with Gasteiger partial charge in [0, 0.05) is 5.92 Å². The maximum Gasteiger partial charge on any atom is 0.319 e. The molecule has 2 unspecified atom stereocenters. The number of cyclic esters (lactones) is 4. The normalized spacial score (nSPS) is 44.5. The summed E-state index contributed by atoms with van der Waals surface area (Å²) in [6, 6.07) is 0. The van der Waals surface area contributed by atoms with E-state index < -0.39 is 64.9 Å². The summed E-state index contributed by atoms with van der Waals surface area (Å²) in [5.41, 5.74) is -1.73. The summed E-state index contributed by atoms with van der Waals surface area (Å²) < 4.78 is 14.1. The lowest BCUT2D eigenvalue weighted by atomic mass is 9.47. The first-order chi connectivity index (χ1) is 10.4. The number of methoxy groups -OCH3 is 1. The van der Waals surface area contributed by atoms with Crippen molar-refractivity contribution in [2.24, 2.45) is 35.0 Å². The molecule has 22 heavy (non-hydrogen) atoms. The maximum absolute atomic E-state index is 12.4. The van der Waals surface area contributed by atoms with Crippen LogP contribution >= 0.6 is 0 Å². The van der Waals surface area contributed by atoms with Crippen molar-refractivity contribution in [1.82, 2.24) is 0 Å². The van der Waals surface area contributed by atoms with Gasteiger partial charge in [0.2, 0.25) is 0 Å². The van der Waals surface area contributed by atoms with E-state index >= 15 is 0 Å². The molecular weight excluding hydrogens is 296 g/mol. The molecule has 8 heteroatoms. The van der Waals surface area contributed by atoms with Crippen LogP contribution in [0.2, 0.25) is 0 Å². The molecular formula is C14H10O8. The molecule has 0 aromatic rings. The highest BCUT2D eigenvalue weighted by Gasteiger charge is 2.77. The minimum atomic E-state index is -1.73. The van der Waals surface area contributed by atoms with Crippen molar-refractivity contribution in [3.8, 4) is 0 Å². The van der Waals surface area contributed by atoms with Crippen LogP contribution in [0.15, 0.2) is 12.2 Å². The Hall–Kier alpha value is -2.51. The average Bonchev–Trinajstić information content (AvgIpc) is 2.98. The van der Waals surface area contributed by atoms with E-state index in [4.69, 9.17) is 4.74 Å². The van der Waals surface area contributed by atoms with Crippen molar-refractivity contribution in [2.45, 2.75) is 0 Å². The van der Waals surface area contributed by atoms with Crippen molar-refractivity contribution in [3.63, 3.8) is 0 Å². The average molecular weight is 306 g/mol. The van der Waals surface area contributed by atoms with E-state index in [0.717, 1.165) is 7.11 Å². The predicted octanol–water partition coefficient (Wildman–Crippen LogP) is -1.02.